The van der Waals surface area contributed by atoms with Gasteiger partial charge in [0.05, 0.1) is 17.7 Å². The maximum absolute atomic E-state index is 10.0. The monoisotopic (exact) mass is 244 g/mol. The van der Waals surface area contributed by atoms with Crippen LogP contribution in [0.5, 0.6) is 0 Å². The van der Waals surface area contributed by atoms with Gasteiger partial charge in [-0.1, -0.05) is 31.4 Å². The summed E-state index contributed by atoms with van der Waals surface area (Å²) in [5.74, 6) is 0. The average molecular weight is 244 g/mol. The van der Waals surface area contributed by atoms with Crippen molar-refractivity contribution >= 4 is 0 Å². The molecule has 1 aliphatic carbocycles. The zero-order chi connectivity index (χ0) is 12.8. The van der Waals surface area contributed by atoms with Crippen LogP contribution in [-0.2, 0) is 6.54 Å². The van der Waals surface area contributed by atoms with E-state index < -0.39 is 0 Å². The normalized spacial score (nSPS) is 24.2. The van der Waals surface area contributed by atoms with E-state index in [0.29, 0.717) is 5.56 Å². The molecule has 3 nitrogen and oxygen atoms in total. The molecule has 0 radical (unpaired) electrons. The summed E-state index contributed by atoms with van der Waals surface area (Å²) in [5, 5.41) is 22.3. The molecule has 2 rings (SSSR count). The fraction of sp³-hybridized carbons (Fsp3) is 0.533. The second-order valence-corrected chi connectivity index (χ2v) is 5.00. The van der Waals surface area contributed by atoms with Gasteiger partial charge in [-0.3, -0.25) is 0 Å². The van der Waals surface area contributed by atoms with Gasteiger partial charge in [-0.15, -0.1) is 0 Å². The molecule has 0 aromatic heterocycles. The third-order valence-corrected chi connectivity index (χ3v) is 3.60. The molecule has 1 saturated carbocycles. The SMILES string of the molecule is N#Cc1cccc(CNC2CCCCCC2O)c1. The summed E-state index contributed by atoms with van der Waals surface area (Å²) >= 11 is 0. The van der Waals surface area contributed by atoms with Gasteiger partial charge in [0.25, 0.3) is 0 Å². The molecule has 0 spiro atoms. The lowest BCUT2D eigenvalue weighted by Crippen LogP contribution is -2.38. The Morgan fingerprint density at radius 2 is 2.11 bits per heavy atom. The predicted molar refractivity (Wildman–Crippen MR) is 70.9 cm³/mol. The number of aliphatic hydroxyl groups excluding tert-OH is 1. The summed E-state index contributed by atoms with van der Waals surface area (Å²) in [7, 11) is 0. The first kappa shape index (κ1) is 13.1. The van der Waals surface area contributed by atoms with Crippen molar-refractivity contribution in [2.24, 2.45) is 0 Å². The highest BCUT2D eigenvalue weighted by Crippen LogP contribution is 2.18. The molecule has 0 bridgehead atoms. The Bertz CT molecular complexity index is 425. The van der Waals surface area contributed by atoms with E-state index in [1.165, 1.54) is 12.8 Å². The van der Waals surface area contributed by atoms with E-state index in [1.807, 2.05) is 24.3 Å². The van der Waals surface area contributed by atoms with E-state index in [9.17, 15) is 5.11 Å². The minimum Gasteiger partial charge on any atom is -0.392 e. The molecule has 2 atom stereocenters. The predicted octanol–water partition coefficient (Wildman–Crippen LogP) is 2.34. The molecule has 1 fully saturated rings. The van der Waals surface area contributed by atoms with Crippen molar-refractivity contribution in [3.63, 3.8) is 0 Å². The molecule has 96 valence electrons. The molecular weight excluding hydrogens is 224 g/mol. The van der Waals surface area contributed by atoms with E-state index >= 15 is 0 Å². The number of hydrogen-bond donors (Lipinski definition) is 2. The van der Waals surface area contributed by atoms with Crippen LogP contribution in [0.1, 0.15) is 43.2 Å². The highest BCUT2D eigenvalue weighted by atomic mass is 16.3. The van der Waals surface area contributed by atoms with Crippen molar-refractivity contribution < 1.29 is 5.11 Å². The largest absolute Gasteiger partial charge is 0.392 e. The molecule has 2 unspecified atom stereocenters. The number of nitriles is 1. The van der Waals surface area contributed by atoms with Crippen LogP contribution < -0.4 is 5.32 Å². The highest BCUT2D eigenvalue weighted by molar-refractivity contribution is 5.32. The average Bonchev–Trinajstić information content (AvgIpc) is 2.61. The zero-order valence-electron chi connectivity index (χ0n) is 10.6. The third-order valence-electron chi connectivity index (χ3n) is 3.60. The number of hydrogen-bond acceptors (Lipinski definition) is 3. The van der Waals surface area contributed by atoms with Crippen LogP contribution in [0.25, 0.3) is 0 Å². The molecule has 0 heterocycles. The van der Waals surface area contributed by atoms with Crippen LogP contribution >= 0.6 is 0 Å². The molecule has 0 saturated heterocycles. The van der Waals surface area contributed by atoms with Gasteiger partial charge >= 0.3 is 0 Å². The Kier molecular flexibility index (Phi) is 4.74. The first-order valence-electron chi connectivity index (χ1n) is 6.70. The molecule has 18 heavy (non-hydrogen) atoms. The number of aliphatic hydroxyl groups is 1. The Morgan fingerprint density at radius 1 is 1.28 bits per heavy atom. The molecule has 3 heteroatoms. The summed E-state index contributed by atoms with van der Waals surface area (Å²) in [5.41, 5.74) is 1.79. The zero-order valence-corrected chi connectivity index (χ0v) is 10.6. The van der Waals surface area contributed by atoms with Gasteiger partial charge in [0.15, 0.2) is 0 Å². The van der Waals surface area contributed by atoms with Gasteiger partial charge in [-0.2, -0.15) is 5.26 Å². The molecule has 1 aliphatic rings. The third kappa shape index (κ3) is 3.56. The van der Waals surface area contributed by atoms with Gasteiger partial charge in [0, 0.05) is 12.6 Å². The first-order chi connectivity index (χ1) is 8.79. The summed E-state index contributed by atoms with van der Waals surface area (Å²) in [6, 6.07) is 9.96. The number of nitrogens with zero attached hydrogens (tertiary/aromatic N) is 1. The van der Waals surface area contributed by atoms with Crippen molar-refractivity contribution in [2.75, 3.05) is 0 Å². The summed E-state index contributed by atoms with van der Waals surface area (Å²) < 4.78 is 0. The van der Waals surface area contributed by atoms with Crippen molar-refractivity contribution in [3.05, 3.63) is 35.4 Å². The standard InChI is InChI=1S/C15H20N2O/c16-10-12-5-4-6-13(9-12)11-17-14-7-2-1-3-8-15(14)18/h4-6,9,14-15,17-18H,1-3,7-8,11H2. The summed E-state index contributed by atoms with van der Waals surface area (Å²) in [6.07, 6.45) is 5.25. The van der Waals surface area contributed by atoms with Crippen LogP contribution in [-0.4, -0.2) is 17.3 Å². The summed E-state index contributed by atoms with van der Waals surface area (Å²) in [4.78, 5) is 0. The number of benzene rings is 1. The molecule has 1 aromatic carbocycles. The van der Waals surface area contributed by atoms with Crippen molar-refractivity contribution in [1.82, 2.24) is 5.32 Å². The Morgan fingerprint density at radius 3 is 2.94 bits per heavy atom. The minimum atomic E-state index is -0.230. The molecule has 0 aliphatic heterocycles. The molecule has 1 aromatic rings. The van der Waals surface area contributed by atoms with Crippen molar-refractivity contribution in [1.29, 1.82) is 5.26 Å². The number of nitrogens with one attached hydrogen (secondary N) is 1. The lowest BCUT2D eigenvalue weighted by atomic mass is 10.1. The second kappa shape index (κ2) is 6.53. The van der Waals surface area contributed by atoms with Crippen molar-refractivity contribution in [2.45, 2.75) is 50.8 Å². The molecular formula is C15H20N2O. The van der Waals surface area contributed by atoms with Gasteiger partial charge in [0.2, 0.25) is 0 Å². The Hall–Kier alpha value is -1.37. The first-order valence-corrected chi connectivity index (χ1v) is 6.70. The van der Waals surface area contributed by atoms with Gasteiger partial charge in [0.1, 0.15) is 0 Å². The van der Waals surface area contributed by atoms with E-state index in [1.54, 1.807) is 0 Å². The highest BCUT2D eigenvalue weighted by Gasteiger charge is 2.20. The lowest BCUT2D eigenvalue weighted by Gasteiger charge is -2.21. The van der Waals surface area contributed by atoms with Gasteiger partial charge in [-0.25, -0.2) is 0 Å². The van der Waals surface area contributed by atoms with E-state index in [-0.39, 0.29) is 12.1 Å². The van der Waals surface area contributed by atoms with Crippen LogP contribution in [0.4, 0.5) is 0 Å². The minimum absolute atomic E-state index is 0.193. The van der Waals surface area contributed by atoms with Crippen LogP contribution in [0.15, 0.2) is 24.3 Å². The maximum atomic E-state index is 10.0. The second-order valence-electron chi connectivity index (χ2n) is 5.00. The van der Waals surface area contributed by atoms with E-state index in [4.69, 9.17) is 5.26 Å². The van der Waals surface area contributed by atoms with Crippen LogP contribution in [0.3, 0.4) is 0 Å². The van der Waals surface area contributed by atoms with Gasteiger partial charge < -0.3 is 10.4 Å². The summed E-state index contributed by atoms with van der Waals surface area (Å²) in [6.45, 7) is 0.719. The van der Waals surface area contributed by atoms with Gasteiger partial charge in [-0.05, 0) is 30.5 Å². The Labute approximate surface area is 108 Å². The maximum Gasteiger partial charge on any atom is 0.0991 e. The van der Waals surface area contributed by atoms with E-state index in [2.05, 4.69) is 11.4 Å². The smallest absolute Gasteiger partial charge is 0.0991 e. The number of rotatable bonds is 3. The Balaban J connectivity index is 1.91. The topological polar surface area (TPSA) is 56.0 Å². The molecule has 0 amide bonds. The van der Waals surface area contributed by atoms with Crippen molar-refractivity contribution in [3.8, 4) is 6.07 Å². The fourth-order valence-electron chi connectivity index (χ4n) is 2.53. The molecule has 2 N–H and O–H groups in total. The lowest BCUT2D eigenvalue weighted by molar-refractivity contribution is 0.119. The van der Waals surface area contributed by atoms with E-state index in [0.717, 1.165) is 31.4 Å². The quantitative estimate of drug-likeness (QED) is 0.802. The van der Waals surface area contributed by atoms with Crippen LogP contribution in [0, 0.1) is 11.3 Å². The van der Waals surface area contributed by atoms with Crippen LogP contribution in [0.2, 0.25) is 0 Å². The fourth-order valence-corrected chi connectivity index (χ4v) is 2.53.